The third-order valence-corrected chi connectivity index (χ3v) is 5.45. The van der Waals surface area contributed by atoms with Crippen molar-refractivity contribution in [3.05, 3.63) is 77.4 Å². The first-order valence-corrected chi connectivity index (χ1v) is 9.51. The number of hydrogen-bond acceptors (Lipinski definition) is 4. The van der Waals surface area contributed by atoms with Crippen LogP contribution in [0, 0.1) is 13.8 Å². The topological polar surface area (TPSA) is 54.2 Å². The maximum absolute atomic E-state index is 11.0. The number of piperidine rings is 1. The molecule has 0 radical (unpaired) electrons. The second-order valence-corrected chi connectivity index (χ2v) is 7.56. The standard InChI is InChI=1S/C22H26N4O/c1-17-13-18(2)26(24-17)21-7-3-5-19(14-21)16-25-11-8-22(27,9-12-25)20-6-4-10-23-15-20/h3-7,10,13-15,27H,8-9,11-12,16H2,1-2H3. The summed E-state index contributed by atoms with van der Waals surface area (Å²) in [6, 6.07) is 14.5. The molecule has 5 heteroatoms. The molecule has 27 heavy (non-hydrogen) atoms. The first-order chi connectivity index (χ1) is 13.0. The van der Waals surface area contributed by atoms with E-state index in [0.717, 1.165) is 55.1 Å². The van der Waals surface area contributed by atoms with Crippen LogP contribution in [0.5, 0.6) is 0 Å². The number of aliphatic hydroxyl groups is 1. The van der Waals surface area contributed by atoms with Crippen molar-refractivity contribution < 1.29 is 5.11 Å². The van der Waals surface area contributed by atoms with Gasteiger partial charge in [-0.25, -0.2) is 4.68 Å². The average Bonchev–Trinajstić information content (AvgIpc) is 3.03. The fourth-order valence-electron chi connectivity index (χ4n) is 3.94. The van der Waals surface area contributed by atoms with Crippen LogP contribution in [-0.4, -0.2) is 37.9 Å². The van der Waals surface area contributed by atoms with Crippen LogP contribution in [0.2, 0.25) is 0 Å². The van der Waals surface area contributed by atoms with Gasteiger partial charge in [-0.05, 0) is 56.5 Å². The van der Waals surface area contributed by atoms with Crippen LogP contribution >= 0.6 is 0 Å². The molecule has 0 atom stereocenters. The summed E-state index contributed by atoms with van der Waals surface area (Å²) in [6.45, 7) is 6.72. The number of pyridine rings is 1. The molecule has 1 aliphatic rings. The molecule has 0 aliphatic carbocycles. The summed E-state index contributed by atoms with van der Waals surface area (Å²) >= 11 is 0. The highest BCUT2D eigenvalue weighted by Crippen LogP contribution is 2.32. The van der Waals surface area contributed by atoms with Gasteiger partial charge in [0.05, 0.1) is 17.0 Å². The molecule has 3 heterocycles. The molecule has 0 amide bonds. The highest BCUT2D eigenvalue weighted by molar-refractivity contribution is 5.37. The quantitative estimate of drug-likeness (QED) is 0.773. The van der Waals surface area contributed by atoms with Crippen molar-refractivity contribution in [3.63, 3.8) is 0 Å². The number of aryl methyl sites for hydroxylation is 2. The molecule has 1 N–H and O–H groups in total. The van der Waals surface area contributed by atoms with Crippen molar-refractivity contribution in [1.29, 1.82) is 0 Å². The normalized spacial score (nSPS) is 17.1. The van der Waals surface area contributed by atoms with Crippen LogP contribution in [0.4, 0.5) is 0 Å². The van der Waals surface area contributed by atoms with Crippen molar-refractivity contribution in [2.75, 3.05) is 13.1 Å². The lowest BCUT2D eigenvalue weighted by molar-refractivity contribution is -0.0279. The minimum atomic E-state index is -0.754. The first-order valence-electron chi connectivity index (χ1n) is 9.51. The molecule has 1 aliphatic heterocycles. The lowest BCUT2D eigenvalue weighted by Crippen LogP contribution is -2.42. The zero-order chi connectivity index (χ0) is 18.9. The summed E-state index contributed by atoms with van der Waals surface area (Å²) in [5, 5.41) is 15.6. The summed E-state index contributed by atoms with van der Waals surface area (Å²) in [7, 11) is 0. The third kappa shape index (κ3) is 3.80. The van der Waals surface area contributed by atoms with E-state index < -0.39 is 5.60 Å². The Morgan fingerprint density at radius 1 is 1.07 bits per heavy atom. The maximum atomic E-state index is 11.0. The molecule has 0 saturated carbocycles. The van der Waals surface area contributed by atoms with Gasteiger partial charge in [0.25, 0.3) is 0 Å². The van der Waals surface area contributed by atoms with Crippen molar-refractivity contribution in [2.45, 2.75) is 38.8 Å². The van der Waals surface area contributed by atoms with Crippen molar-refractivity contribution in [2.24, 2.45) is 0 Å². The number of benzene rings is 1. The van der Waals surface area contributed by atoms with Gasteiger partial charge in [0.2, 0.25) is 0 Å². The SMILES string of the molecule is Cc1cc(C)n(-c2cccc(CN3CCC(O)(c4cccnc4)CC3)c2)n1. The van der Waals surface area contributed by atoms with Gasteiger partial charge >= 0.3 is 0 Å². The highest BCUT2D eigenvalue weighted by Gasteiger charge is 2.34. The number of aromatic nitrogens is 3. The number of likely N-dealkylation sites (tertiary alicyclic amines) is 1. The van der Waals surface area contributed by atoms with Crippen LogP contribution in [0.1, 0.15) is 35.4 Å². The summed E-state index contributed by atoms with van der Waals surface area (Å²) in [5.41, 5.74) is 4.72. The van der Waals surface area contributed by atoms with Gasteiger partial charge in [-0.2, -0.15) is 5.10 Å². The summed E-state index contributed by atoms with van der Waals surface area (Å²) in [4.78, 5) is 6.57. The zero-order valence-corrected chi connectivity index (χ0v) is 16.0. The van der Waals surface area contributed by atoms with E-state index in [1.807, 2.05) is 23.7 Å². The summed E-state index contributed by atoms with van der Waals surface area (Å²) in [5.74, 6) is 0. The maximum Gasteiger partial charge on any atom is 0.0935 e. The van der Waals surface area contributed by atoms with Crippen molar-refractivity contribution >= 4 is 0 Å². The molecule has 1 aromatic carbocycles. The Morgan fingerprint density at radius 2 is 1.89 bits per heavy atom. The lowest BCUT2D eigenvalue weighted by atomic mass is 9.85. The predicted molar refractivity (Wildman–Crippen MR) is 106 cm³/mol. The molecule has 3 aromatic rings. The second-order valence-electron chi connectivity index (χ2n) is 7.56. The van der Waals surface area contributed by atoms with Crippen LogP contribution in [0.15, 0.2) is 54.9 Å². The lowest BCUT2D eigenvalue weighted by Gasteiger charge is -2.38. The Balaban J connectivity index is 1.44. The van der Waals surface area contributed by atoms with Crippen molar-refractivity contribution in [1.82, 2.24) is 19.7 Å². The Kier molecular flexibility index (Phi) is 4.81. The van der Waals surface area contributed by atoms with Gasteiger partial charge in [0.1, 0.15) is 0 Å². The molecule has 4 rings (SSSR count). The van der Waals surface area contributed by atoms with E-state index in [1.165, 1.54) is 5.56 Å². The van der Waals surface area contributed by atoms with Gasteiger partial charge in [0.15, 0.2) is 0 Å². The van der Waals surface area contributed by atoms with Crippen LogP contribution in [0.3, 0.4) is 0 Å². The van der Waals surface area contributed by atoms with Crippen LogP contribution in [-0.2, 0) is 12.1 Å². The predicted octanol–water partition coefficient (Wildman–Crippen LogP) is 3.37. The van der Waals surface area contributed by atoms with E-state index >= 15 is 0 Å². The van der Waals surface area contributed by atoms with Gasteiger partial charge < -0.3 is 5.11 Å². The van der Waals surface area contributed by atoms with Crippen LogP contribution in [0.25, 0.3) is 5.69 Å². The highest BCUT2D eigenvalue weighted by atomic mass is 16.3. The van der Waals surface area contributed by atoms with E-state index in [-0.39, 0.29) is 0 Å². The number of rotatable bonds is 4. The van der Waals surface area contributed by atoms with Crippen molar-refractivity contribution in [3.8, 4) is 5.69 Å². The molecule has 0 unspecified atom stereocenters. The first kappa shape index (κ1) is 17.9. The minimum absolute atomic E-state index is 0.732. The molecule has 0 bridgehead atoms. The fraction of sp³-hybridized carbons (Fsp3) is 0.364. The monoisotopic (exact) mass is 362 g/mol. The molecular formula is C22H26N4O. The Bertz CT molecular complexity index is 911. The number of nitrogens with zero attached hydrogens (tertiary/aromatic N) is 4. The largest absolute Gasteiger partial charge is 0.385 e. The molecule has 0 spiro atoms. The number of hydrogen-bond donors (Lipinski definition) is 1. The minimum Gasteiger partial charge on any atom is -0.385 e. The van der Waals surface area contributed by atoms with Gasteiger partial charge in [-0.15, -0.1) is 0 Å². The molecule has 5 nitrogen and oxygen atoms in total. The van der Waals surface area contributed by atoms with Gasteiger partial charge in [0, 0.05) is 43.3 Å². The van der Waals surface area contributed by atoms with E-state index in [2.05, 4.69) is 52.2 Å². The Morgan fingerprint density at radius 3 is 2.56 bits per heavy atom. The molecule has 2 aromatic heterocycles. The van der Waals surface area contributed by atoms with E-state index in [9.17, 15) is 5.11 Å². The Hall–Kier alpha value is -2.50. The fourth-order valence-corrected chi connectivity index (χ4v) is 3.94. The third-order valence-electron chi connectivity index (χ3n) is 5.45. The smallest absolute Gasteiger partial charge is 0.0935 e. The zero-order valence-electron chi connectivity index (χ0n) is 16.0. The summed E-state index contributed by atoms with van der Waals surface area (Å²) in [6.07, 6.45) is 5.00. The summed E-state index contributed by atoms with van der Waals surface area (Å²) < 4.78 is 2.00. The second kappa shape index (κ2) is 7.25. The van der Waals surface area contributed by atoms with E-state index in [1.54, 1.807) is 12.4 Å². The van der Waals surface area contributed by atoms with E-state index in [0.29, 0.717) is 0 Å². The molecule has 140 valence electrons. The molecular weight excluding hydrogens is 336 g/mol. The van der Waals surface area contributed by atoms with E-state index in [4.69, 9.17) is 0 Å². The van der Waals surface area contributed by atoms with Gasteiger partial charge in [-0.1, -0.05) is 18.2 Å². The molecule has 1 saturated heterocycles. The average molecular weight is 362 g/mol. The Labute approximate surface area is 160 Å². The van der Waals surface area contributed by atoms with Crippen LogP contribution < -0.4 is 0 Å². The van der Waals surface area contributed by atoms with Gasteiger partial charge in [-0.3, -0.25) is 9.88 Å². The molecule has 1 fully saturated rings.